The summed E-state index contributed by atoms with van der Waals surface area (Å²) in [5.74, 6) is 1.16. The molecule has 0 saturated carbocycles. The van der Waals surface area contributed by atoms with Crippen LogP contribution in [-0.2, 0) is 20.9 Å². The Bertz CT molecular complexity index is 746. The largest absolute Gasteiger partial charge is 0.496 e. The van der Waals surface area contributed by atoms with Crippen molar-refractivity contribution in [1.29, 1.82) is 0 Å². The van der Waals surface area contributed by atoms with Crippen LogP contribution in [-0.4, -0.2) is 35.7 Å². The molecule has 1 aliphatic heterocycles. The molecule has 25 heavy (non-hydrogen) atoms. The maximum Gasteiger partial charge on any atom is 0.330 e. The molecule has 0 N–H and O–H groups in total. The molecule has 7 heteroatoms. The zero-order valence-electron chi connectivity index (χ0n) is 14.0. The number of amides is 1. The van der Waals surface area contributed by atoms with Gasteiger partial charge in [-0.3, -0.25) is 4.79 Å². The first-order valence-corrected chi connectivity index (χ1v) is 8.89. The van der Waals surface area contributed by atoms with Gasteiger partial charge >= 0.3 is 5.97 Å². The van der Waals surface area contributed by atoms with Gasteiger partial charge in [0.15, 0.2) is 0 Å². The van der Waals surface area contributed by atoms with Crippen LogP contribution < -0.4 is 4.74 Å². The number of furan rings is 1. The van der Waals surface area contributed by atoms with Crippen LogP contribution in [0, 0.1) is 0 Å². The highest BCUT2D eigenvalue weighted by Crippen LogP contribution is 2.41. The number of ether oxygens (including phenoxy) is 2. The maximum atomic E-state index is 12.5. The number of hydrogen-bond acceptors (Lipinski definition) is 6. The van der Waals surface area contributed by atoms with Crippen molar-refractivity contribution in [1.82, 2.24) is 4.90 Å². The second-order valence-corrected chi connectivity index (χ2v) is 6.68. The Morgan fingerprint density at radius 1 is 1.28 bits per heavy atom. The Morgan fingerprint density at radius 2 is 2.08 bits per heavy atom. The molecule has 1 aromatic heterocycles. The highest BCUT2D eigenvalue weighted by Gasteiger charge is 2.43. The molecule has 1 aliphatic rings. The standard InChI is InChI=1S/C18H19NO5S/c1-12(20)19-14(11-25-17(19)16-8-5-9-23-16)18(21)24-10-13-6-3-4-7-15(13)22-2/h3-9,14,17H,10-11H2,1-2H3/t14-,17+/m0/s1. The Morgan fingerprint density at radius 3 is 2.76 bits per heavy atom. The lowest BCUT2D eigenvalue weighted by atomic mass is 10.2. The molecule has 1 aromatic carbocycles. The van der Waals surface area contributed by atoms with E-state index < -0.39 is 12.0 Å². The first-order chi connectivity index (χ1) is 12.1. The Hall–Kier alpha value is -2.41. The number of carbonyl (C=O) groups is 2. The van der Waals surface area contributed by atoms with Gasteiger partial charge in [-0.2, -0.15) is 0 Å². The van der Waals surface area contributed by atoms with E-state index in [9.17, 15) is 9.59 Å². The first-order valence-electron chi connectivity index (χ1n) is 7.84. The van der Waals surface area contributed by atoms with Gasteiger partial charge in [0.05, 0.1) is 13.4 Å². The van der Waals surface area contributed by atoms with E-state index >= 15 is 0 Å². The number of thioether (sulfide) groups is 1. The number of nitrogens with zero attached hydrogens (tertiary/aromatic N) is 1. The van der Waals surface area contributed by atoms with Crippen LogP contribution in [0.25, 0.3) is 0 Å². The van der Waals surface area contributed by atoms with Crippen molar-refractivity contribution >= 4 is 23.6 Å². The molecule has 1 amide bonds. The summed E-state index contributed by atoms with van der Waals surface area (Å²) < 4.78 is 16.1. The highest BCUT2D eigenvalue weighted by atomic mass is 32.2. The second-order valence-electron chi connectivity index (χ2n) is 5.56. The Labute approximate surface area is 150 Å². The summed E-state index contributed by atoms with van der Waals surface area (Å²) in [6, 6.07) is 10.3. The number of rotatable bonds is 5. The predicted octanol–water partition coefficient (Wildman–Crippen LogP) is 2.99. The molecule has 0 aliphatic carbocycles. The zero-order chi connectivity index (χ0) is 17.8. The number of methoxy groups -OCH3 is 1. The molecule has 2 atom stereocenters. The quantitative estimate of drug-likeness (QED) is 0.763. The lowest BCUT2D eigenvalue weighted by Crippen LogP contribution is -2.42. The SMILES string of the molecule is COc1ccccc1COC(=O)[C@@H]1CS[C@H](c2ccco2)N1C(C)=O. The fourth-order valence-corrected chi connectivity index (χ4v) is 4.21. The molecule has 0 unspecified atom stereocenters. The zero-order valence-corrected chi connectivity index (χ0v) is 14.8. The van der Waals surface area contributed by atoms with E-state index in [1.165, 1.54) is 23.6 Å². The van der Waals surface area contributed by atoms with Gasteiger partial charge in [-0.25, -0.2) is 4.79 Å². The molecular formula is C18H19NO5S. The van der Waals surface area contributed by atoms with E-state index in [0.29, 0.717) is 17.3 Å². The third-order valence-electron chi connectivity index (χ3n) is 3.99. The topological polar surface area (TPSA) is 69.0 Å². The minimum Gasteiger partial charge on any atom is -0.496 e. The summed E-state index contributed by atoms with van der Waals surface area (Å²) in [5, 5.41) is -0.309. The number of carbonyl (C=O) groups excluding carboxylic acids is 2. The van der Waals surface area contributed by atoms with Crippen LogP contribution in [0.1, 0.15) is 23.6 Å². The van der Waals surface area contributed by atoms with Gasteiger partial charge in [-0.1, -0.05) is 18.2 Å². The van der Waals surface area contributed by atoms with Gasteiger partial charge in [0.2, 0.25) is 5.91 Å². The van der Waals surface area contributed by atoms with Crippen molar-refractivity contribution in [3.63, 3.8) is 0 Å². The van der Waals surface area contributed by atoms with E-state index in [4.69, 9.17) is 13.9 Å². The molecular weight excluding hydrogens is 342 g/mol. The third-order valence-corrected chi connectivity index (χ3v) is 5.27. The van der Waals surface area contributed by atoms with Gasteiger partial charge in [-0.15, -0.1) is 11.8 Å². The molecule has 1 saturated heterocycles. The Balaban J connectivity index is 1.70. The molecule has 2 heterocycles. The van der Waals surface area contributed by atoms with Gasteiger partial charge in [0, 0.05) is 18.2 Å². The summed E-state index contributed by atoms with van der Waals surface area (Å²) in [7, 11) is 1.57. The second kappa shape index (κ2) is 7.65. The van der Waals surface area contributed by atoms with E-state index in [-0.39, 0.29) is 17.9 Å². The van der Waals surface area contributed by atoms with Crippen LogP contribution in [0.5, 0.6) is 5.75 Å². The fraction of sp³-hybridized carbons (Fsp3) is 0.333. The Kier molecular flexibility index (Phi) is 5.33. The van der Waals surface area contributed by atoms with Gasteiger partial charge in [0.25, 0.3) is 0 Å². The number of esters is 1. The van der Waals surface area contributed by atoms with E-state index in [1.54, 1.807) is 25.5 Å². The van der Waals surface area contributed by atoms with Crippen LogP contribution in [0.4, 0.5) is 0 Å². The number of para-hydroxylation sites is 1. The van der Waals surface area contributed by atoms with E-state index in [1.807, 2.05) is 24.3 Å². The third kappa shape index (κ3) is 3.66. The summed E-state index contributed by atoms with van der Waals surface area (Å²) in [4.78, 5) is 26.2. The highest BCUT2D eigenvalue weighted by molar-refractivity contribution is 7.99. The van der Waals surface area contributed by atoms with E-state index in [0.717, 1.165) is 5.56 Å². The lowest BCUT2D eigenvalue weighted by Gasteiger charge is -2.25. The summed E-state index contributed by atoms with van der Waals surface area (Å²) in [6.07, 6.45) is 1.56. The van der Waals surface area contributed by atoms with Crippen molar-refractivity contribution in [2.45, 2.75) is 24.9 Å². The summed E-state index contributed by atoms with van der Waals surface area (Å²) in [5.41, 5.74) is 0.779. The maximum absolute atomic E-state index is 12.5. The van der Waals surface area contributed by atoms with Crippen molar-refractivity contribution < 1.29 is 23.5 Å². The van der Waals surface area contributed by atoms with Crippen LogP contribution >= 0.6 is 11.8 Å². The van der Waals surface area contributed by atoms with Gasteiger partial charge < -0.3 is 18.8 Å². The summed E-state index contributed by atoms with van der Waals surface area (Å²) in [6.45, 7) is 1.55. The van der Waals surface area contributed by atoms with Crippen LogP contribution in [0.3, 0.4) is 0 Å². The molecule has 2 aromatic rings. The number of hydrogen-bond donors (Lipinski definition) is 0. The average molecular weight is 361 g/mol. The monoisotopic (exact) mass is 361 g/mol. The smallest absolute Gasteiger partial charge is 0.330 e. The van der Waals surface area contributed by atoms with Gasteiger partial charge in [-0.05, 0) is 18.2 Å². The van der Waals surface area contributed by atoms with Crippen molar-refractivity contribution in [3.05, 3.63) is 54.0 Å². The molecule has 132 valence electrons. The van der Waals surface area contributed by atoms with Crippen molar-refractivity contribution in [3.8, 4) is 5.75 Å². The fourth-order valence-electron chi connectivity index (χ4n) is 2.79. The van der Waals surface area contributed by atoms with Gasteiger partial charge in [0.1, 0.15) is 29.5 Å². The summed E-state index contributed by atoms with van der Waals surface area (Å²) >= 11 is 1.49. The lowest BCUT2D eigenvalue weighted by molar-refractivity contribution is -0.154. The minimum atomic E-state index is -0.632. The van der Waals surface area contributed by atoms with E-state index in [2.05, 4.69) is 0 Å². The average Bonchev–Trinajstić information content (AvgIpc) is 3.28. The minimum absolute atomic E-state index is 0.0984. The molecule has 6 nitrogen and oxygen atoms in total. The van der Waals surface area contributed by atoms with Crippen molar-refractivity contribution in [2.75, 3.05) is 12.9 Å². The van der Waals surface area contributed by atoms with Crippen molar-refractivity contribution in [2.24, 2.45) is 0 Å². The van der Waals surface area contributed by atoms with Crippen LogP contribution in [0.15, 0.2) is 47.1 Å². The first kappa shape index (κ1) is 17.4. The molecule has 0 radical (unpaired) electrons. The predicted molar refractivity (Wildman–Crippen MR) is 93.0 cm³/mol. The molecule has 0 spiro atoms. The molecule has 0 bridgehead atoms. The molecule has 3 rings (SSSR count). The normalized spacial score (nSPS) is 19.7. The van der Waals surface area contributed by atoms with Crippen LogP contribution in [0.2, 0.25) is 0 Å². The number of benzene rings is 1. The molecule has 1 fully saturated rings.